The van der Waals surface area contributed by atoms with Crippen LogP contribution in [0.1, 0.15) is 22.8 Å². The molecule has 0 spiro atoms. The van der Waals surface area contributed by atoms with Crippen molar-refractivity contribution in [1.82, 2.24) is 0 Å². The van der Waals surface area contributed by atoms with Crippen LogP contribution in [0, 0.1) is 0 Å². The van der Waals surface area contributed by atoms with Crippen LogP contribution in [-0.4, -0.2) is 28.1 Å². The van der Waals surface area contributed by atoms with Crippen molar-refractivity contribution in [3.05, 3.63) is 65.7 Å². The van der Waals surface area contributed by atoms with E-state index in [4.69, 9.17) is 9.84 Å². The number of aliphatic carboxylic acids is 1. The van der Waals surface area contributed by atoms with Gasteiger partial charge in [-0.15, -0.1) is 0 Å². The van der Waals surface area contributed by atoms with Gasteiger partial charge in [0.05, 0.1) is 0 Å². The highest BCUT2D eigenvalue weighted by atomic mass is 16.5. The second kappa shape index (κ2) is 7.26. The Hall–Kier alpha value is -3.08. The molecular weight excluding hydrogens is 296 g/mol. The number of ketones is 1. The van der Waals surface area contributed by atoms with Crippen molar-refractivity contribution in [2.24, 2.45) is 0 Å². The Balaban J connectivity index is 2.04. The fraction of sp³-hybridized carbons (Fsp3) is 0.111. The number of carboxylic acids is 1. The second-order valence-electron chi connectivity index (χ2n) is 4.92. The molecule has 2 rings (SSSR count). The molecule has 0 heterocycles. The van der Waals surface area contributed by atoms with Gasteiger partial charge in [-0.1, -0.05) is 18.2 Å². The number of allylic oxidation sites excluding steroid dienone is 1. The fourth-order valence-electron chi connectivity index (χ4n) is 1.85. The van der Waals surface area contributed by atoms with Crippen molar-refractivity contribution >= 4 is 17.8 Å². The van der Waals surface area contributed by atoms with Crippen LogP contribution in [-0.2, 0) is 4.79 Å². The topological polar surface area (TPSA) is 83.8 Å². The number of carbonyl (C=O) groups is 2. The van der Waals surface area contributed by atoms with Crippen molar-refractivity contribution in [3.63, 3.8) is 0 Å². The Bertz CT molecular complexity index is 731. The van der Waals surface area contributed by atoms with E-state index in [9.17, 15) is 14.7 Å². The molecule has 23 heavy (non-hydrogen) atoms. The standard InChI is InChI=1S/C18H16O5/c1-12(18(21)22)23-16-8-6-14(7-9-16)17(20)10-5-13-3-2-4-15(19)11-13/h2-12,19H,1H3,(H,21,22)/b10-5+. The molecule has 0 saturated heterocycles. The lowest BCUT2D eigenvalue weighted by atomic mass is 10.1. The molecule has 2 aromatic rings. The average molecular weight is 312 g/mol. The van der Waals surface area contributed by atoms with Crippen LogP contribution in [0.4, 0.5) is 0 Å². The molecule has 5 nitrogen and oxygen atoms in total. The summed E-state index contributed by atoms with van der Waals surface area (Å²) in [6.45, 7) is 1.43. The molecule has 2 N–H and O–H groups in total. The first kappa shape index (κ1) is 16.3. The van der Waals surface area contributed by atoms with Gasteiger partial charge in [0.2, 0.25) is 0 Å². The van der Waals surface area contributed by atoms with Gasteiger partial charge in [0.15, 0.2) is 11.9 Å². The molecule has 2 aromatic carbocycles. The normalized spacial score (nSPS) is 12.0. The maximum absolute atomic E-state index is 12.1. The summed E-state index contributed by atoms with van der Waals surface area (Å²) in [5.74, 6) is -0.743. The number of carbonyl (C=O) groups excluding carboxylic acids is 1. The molecule has 0 aliphatic carbocycles. The van der Waals surface area contributed by atoms with Crippen LogP contribution in [0.25, 0.3) is 6.08 Å². The highest BCUT2D eigenvalue weighted by Crippen LogP contribution is 2.16. The van der Waals surface area contributed by atoms with Crippen molar-refractivity contribution in [2.45, 2.75) is 13.0 Å². The predicted octanol–water partition coefficient (Wildman–Crippen LogP) is 3.14. The molecule has 118 valence electrons. The van der Waals surface area contributed by atoms with Crippen molar-refractivity contribution < 1.29 is 24.5 Å². The third-order valence-corrected chi connectivity index (χ3v) is 3.10. The monoisotopic (exact) mass is 312 g/mol. The number of carboxylic acid groups (broad SMARTS) is 1. The molecule has 0 saturated carbocycles. The third-order valence-electron chi connectivity index (χ3n) is 3.10. The van der Waals surface area contributed by atoms with E-state index in [2.05, 4.69) is 0 Å². The van der Waals surface area contributed by atoms with Crippen LogP contribution in [0.5, 0.6) is 11.5 Å². The minimum atomic E-state index is -1.06. The largest absolute Gasteiger partial charge is 0.508 e. The van der Waals surface area contributed by atoms with Crippen molar-refractivity contribution in [2.75, 3.05) is 0 Å². The maximum Gasteiger partial charge on any atom is 0.344 e. The Kier molecular flexibility index (Phi) is 5.15. The zero-order valence-electron chi connectivity index (χ0n) is 12.5. The van der Waals surface area contributed by atoms with Crippen LogP contribution in [0.3, 0.4) is 0 Å². The van der Waals surface area contributed by atoms with Crippen LogP contribution in [0.2, 0.25) is 0 Å². The van der Waals surface area contributed by atoms with Gasteiger partial charge in [0.25, 0.3) is 0 Å². The van der Waals surface area contributed by atoms with Gasteiger partial charge in [-0.2, -0.15) is 0 Å². The van der Waals surface area contributed by atoms with E-state index in [0.29, 0.717) is 16.9 Å². The second-order valence-corrected chi connectivity index (χ2v) is 4.92. The molecule has 0 aliphatic heterocycles. The lowest BCUT2D eigenvalue weighted by Crippen LogP contribution is -2.22. The Labute approximate surface area is 133 Å². The molecule has 5 heteroatoms. The molecule has 0 bridgehead atoms. The van der Waals surface area contributed by atoms with E-state index in [0.717, 1.165) is 0 Å². The third kappa shape index (κ3) is 4.71. The molecule has 0 radical (unpaired) electrons. The smallest absolute Gasteiger partial charge is 0.344 e. The molecule has 1 atom stereocenters. The Morgan fingerprint density at radius 3 is 2.43 bits per heavy atom. The molecule has 1 unspecified atom stereocenters. The molecule has 0 aromatic heterocycles. The molecular formula is C18H16O5. The van der Waals surface area contributed by atoms with Crippen LogP contribution >= 0.6 is 0 Å². The highest BCUT2D eigenvalue weighted by molar-refractivity contribution is 6.06. The summed E-state index contributed by atoms with van der Waals surface area (Å²) in [6.07, 6.45) is 2.06. The highest BCUT2D eigenvalue weighted by Gasteiger charge is 2.12. The quantitative estimate of drug-likeness (QED) is 0.632. The first-order valence-electron chi connectivity index (χ1n) is 6.96. The molecule has 0 amide bonds. The van der Waals surface area contributed by atoms with Gasteiger partial charge >= 0.3 is 5.97 Å². The molecule has 0 fully saturated rings. The van der Waals surface area contributed by atoms with Crippen LogP contribution in [0.15, 0.2) is 54.6 Å². The summed E-state index contributed by atoms with van der Waals surface area (Å²) < 4.78 is 5.20. The minimum absolute atomic E-state index is 0.133. The number of phenolic OH excluding ortho intramolecular Hbond substituents is 1. The fourth-order valence-corrected chi connectivity index (χ4v) is 1.85. The van der Waals surface area contributed by atoms with Gasteiger partial charge in [-0.3, -0.25) is 4.79 Å². The van der Waals surface area contributed by atoms with Gasteiger partial charge in [-0.05, 0) is 55.0 Å². The number of hydrogen-bond donors (Lipinski definition) is 2. The Morgan fingerprint density at radius 1 is 1.13 bits per heavy atom. The summed E-state index contributed by atoms with van der Waals surface area (Å²) in [4.78, 5) is 22.8. The van der Waals surface area contributed by atoms with Crippen molar-refractivity contribution in [1.29, 1.82) is 0 Å². The Morgan fingerprint density at radius 2 is 1.83 bits per heavy atom. The van der Waals surface area contributed by atoms with Gasteiger partial charge in [-0.25, -0.2) is 4.79 Å². The zero-order valence-corrected chi connectivity index (χ0v) is 12.5. The number of benzene rings is 2. The van der Waals surface area contributed by atoms with E-state index in [1.54, 1.807) is 54.6 Å². The number of ether oxygens (including phenoxy) is 1. The van der Waals surface area contributed by atoms with Gasteiger partial charge in [0.1, 0.15) is 11.5 Å². The summed E-state index contributed by atoms with van der Waals surface area (Å²) in [5.41, 5.74) is 1.17. The van der Waals surface area contributed by atoms with E-state index in [1.807, 2.05) is 0 Å². The summed E-state index contributed by atoms with van der Waals surface area (Å²) in [5, 5.41) is 18.1. The maximum atomic E-state index is 12.1. The lowest BCUT2D eigenvalue weighted by molar-refractivity contribution is -0.144. The van der Waals surface area contributed by atoms with Crippen molar-refractivity contribution in [3.8, 4) is 11.5 Å². The number of hydrogen-bond acceptors (Lipinski definition) is 4. The van der Waals surface area contributed by atoms with Crippen LogP contribution < -0.4 is 4.74 Å². The van der Waals surface area contributed by atoms with E-state index < -0.39 is 12.1 Å². The van der Waals surface area contributed by atoms with Gasteiger partial charge < -0.3 is 14.9 Å². The zero-order chi connectivity index (χ0) is 16.8. The summed E-state index contributed by atoms with van der Waals surface area (Å²) in [6, 6.07) is 12.8. The number of rotatable bonds is 6. The lowest BCUT2D eigenvalue weighted by Gasteiger charge is -2.10. The summed E-state index contributed by atoms with van der Waals surface area (Å²) in [7, 11) is 0. The minimum Gasteiger partial charge on any atom is -0.508 e. The SMILES string of the molecule is CC(Oc1ccc(C(=O)/C=C/c2cccc(O)c2)cc1)C(=O)O. The summed E-state index contributed by atoms with van der Waals surface area (Å²) >= 11 is 0. The first-order chi connectivity index (χ1) is 11.0. The predicted molar refractivity (Wildman–Crippen MR) is 85.6 cm³/mol. The van der Waals surface area contributed by atoms with E-state index in [1.165, 1.54) is 13.0 Å². The van der Waals surface area contributed by atoms with Gasteiger partial charge in [0, 0.05) is 5.56 Å². The average Bonchev–Trinajstić information content (AvgIpc) is 2.53. The first-order valence-corrected chi connectivity index (χ1v) is 6.96. The van der Waals surface area contributed by atoms with E-state index >= 15 is 0 Å². The number of phenols is 1. The number of aromatic hydroxyl groups is 1. The van der Waals surface area contributed by atoms with E-state index in [-0.39, 0.29) is 11.5 Å². The molecule has 0 aliphatic rings.